The van der Waals surface area contributed by atoms with Crippen molar-refractivity contribution in [2.24, 2.45) is 17.8 Å². The lowest BCUT2D eigenvalue weighted by molar-refractivity contribution is 0.173. The van der Waals surface area contributed by atoms with Gasteiger partial charge in [0.05, 0.1) is 0 Å². The quantitative estimate of drug-likeness (QED) is 0.753. The van der Waals surface area contributed by atoms with Crippen LogP contribution in [0.2, 0.25) is 0 Å². The van der Waals surface area contributed by atoms with Crippen LogP contribution in [0.5, 0.6) is 0 Å². The van der Waals surface area contributed by atoms with Gasteiger partial charge in [-0.05, 0) is 83.1 Å². The van der Waals surface area contributed by atoms with Gasteiger partial charge in [-0.3, -0.25) is 0 Å². The fourth-order valence-corrected chi connectivity index (χ4v) is 3.37. The third kappa shape index (κ3) is 8.83. The summed E-state index contributed by atoms with van der Waals surface area (Å²) < 4.78 is 0. The highest BCUT2D eigenvalue weighted by Crippen LogP contribution is 2.22. The Bertz CT molecular complexity index is 244. The second kappa shape index (κ2) is 10.6. The fraction of sp³-hybridized carbons (Fsp3) is 1.00. The third-order valence-corrected chi connectivity index (χ3v) is 5.08. The monoisotopic (exact) mass is 296 g/mol. The van der Waals surface area contributed by atoms with E-state index in [1.807, 2.05) is 0 Å². The van der Waals surface area contributed by atoms with Gasteiger partial charge in [-0.1, -0.05) is 34.1 Å². The molecule has 0 aliphatic carbocycles. The molecule has 2 heterocycles. The highest BCUT2D eigenvalue weighted by molar-refractivity contribution is 4.72. The van der Waals surface area contributed by atoms with Crippen LogP contribution in [0.1, 0.15) is 66.2 Å². The maximum Gasteiger partial charge on any atom is 0.000906 e. The van der Waals surface area contributed by atoms with Crippen LogP contribution in [0.15, 0.2) is 0 Å². The first kappa shape index (κ1) is 19.0. The van der Waals surface area contributed by atoms with Crippen molar-refractivity contribution in [3.05, 3.63) is 0 Å². The summed E-state index contributed by atoms with van der Waals surface area (Å²) in [6.07, 6.45) is 8.54. The molecule has 2 fully saturated rings. The van der Waals surface area contributed by atoms with Crippen LogP contribution in [0.4, 0.5) is 0 Å². The van der Waals surface area contributed by atoms with E-state index in [0.717, 1.165) is 17.8 Å². The molecule has 2 rings (SSSR count). The van der Waals surface area contributed by atoms with Crippen molar-refractivity contribution in [1.29, 1.82) is 0 Å². The van der Waals surface area contributed by atoms with Gasteiger partial charge in [-0.2, -0.15) is 0 Å². The first-order chi connectivity index (χ1) is 9.99. The number of hydrogen-bond acceptors (Lipinski definition) is 2. The molecule has 2 nitrogen and oxygen atoms in total. The Hall–Kier alpha value is -0.0800. The molecule has 0 aromatic heterocycles. The number of rotatable bonds is 4. The van der Waals surface area contributed by atoms with Crippen LogP contribution >= 0.6 is 0 Å². The molecule has 0 spiro atoms. The molecular weight excluding hydrogens is 256 g/mol. The van der Waals surface area contributed by atoms with E-state index in [4.69, 9.17) is 0 Å². The molecule has 1 unspecified atom stereocenters. The largest absolute Gasteiger partial charge is 0.306 e. The van der Waals surface area contributed by atoms with Crippen LogP contribution < -0.4 is 0 Å². The van der Waals surface area contributed by atoms with Gasteiger partial charge in [0.15, 0.2) is 0 Å². The van der Waals surface area contributed by atoms with Gasteiger partial charge in [0, 0.05) is 6.54 Å². The van der Waals surface area contributed by atoms with Crippen molar-refractivity contribution < 1.29 is 0 Å². The van der Waals surface area contributed by atoms with Crippen molar-refractivity contribution in [2.75, 3.05) is 39.8 Å². The van der Waals surface area contributed by atoms with E-state index in [1.165, 1.54) is 71.2 Å². The van der Waals surface area contributed by atoms with Crippen LogP contribution in [-0.4, -0.2) is 49.6 Å². The van der Waals surface area contributed by atoms with Crippen LogP contribution in [0, 0.1) is 17.8 Å². The Kier molecular flexibility index (Phi) is 9.59. The first-order valence-corrected chi connectivity index (χ1v) is 9.40. The van der Waals surface area contributed by atoms with Gasteiger partial charge >= 0.3 is 0 Å². The molecule has 126 valence electrons. The average Bonchev–Trinajstić information content (AvgIpc) is 2.47. The average molecular weight is 297 g/mol. The van der Waals surface area contributed by atoms with Gasteiger partial charge < -0.3 is 9.80 Å². The topological polar surface area (TPSA) is 6.48 Å². The maximum absolute atomic E-state index is 2.61. The summed E-state index contributed by atoms with van der Waals surface area (Å²) in [4.78, 5) is 5.07. The Labute approximate surface area is 134 Å². The molecule has 21 heavy (non-hydrogen) atoms. The predicted molar refractivity (Wildman–Crippen MR) is 94.8 cm³/mol. The number of nitrogens with zero attached hydrogens (tertiary/aromatic N) is 2. The molecule has 0 N–H and O–H groups in total. The lowest BCUT2D eigenvalue weighted by atomic mass is 9.88. The van der Waals surface area contributed by atoms with E-state index in [1.54, 1.807) is 0 Å². The van der Waals surface area contributed by atoms with E-state index in [-0.39, 0.29) is 0 Å². The first-order valence-electron chi connectivity index (χ1n) is 9.40. The Morgan fingerprint density at radius 1 is 0.905 bits per heavy atom. The summed E-state index contributed by atoms with van der Waals surface area (Å²) in [5, 5.41) is 0. The van der Waals surface area contributed by atoms with Gasteiger partial charge in [0.2, 0.25) is 0 Å². The third-order valence-electron chi connectivity index (χ3n) is 5.08. The summed E-state index contributed by atoms with van der Waals surface area (Å²) in [6, 6.07) is 0. The van der Waals surface area contributed by atoms with Crippen LogP contribution in [-0.2, 0) is 0 Å². The van der Waals surface area contributed by atoms with Crippen LogP contribution in [0.25, 0.3) is 0 Å². The highest BCUT2D eigenvalue weighted by atomic mass is 15.1. The molecule has 2 saturated heterocycles. The summed E-state index contributed by atoms with van der Waals surface area (Å²) >= 11 is 0. The smallest absolute Gasteiger partial charge is 0.000906 e. The highest BCUT2D eigenvalue weighted by Gasteiger charge is 2.19. The Morgan fingerprint density at radius 2 is 1.57 bits per heavy atom. The summed E-state index contributed by atoms with van der Waals surface area (Å²) in [7, 11) is 2.23. The van der Waals surface area contributed by atoms with E-state index >= 15 is 0 Å². The Balaban J connectivity index is 0.000000211. The van der Waals surface area contributed by atoms with E-state index in [2.05, 4.69) is 44.5 Å². The molecule has 0 aromatic carbocycles. The molecule has 1 atom stereocenters. The zero-order valence-electron chi connectivity index (χ0n) is 15.4. The minimum atomic E-state index is 0.872. The normalized spacial score (nSPS) is 25.0. The summed E-state index contributed by atoms with van der Waals surface area (Å²) in [5.74, 6) is 2.71. The van der Waals surface area contributed by atoms with Gasteiger partial charge in [-0.15, -0.1) is 0 Å². The SMILES string of the molecule is CC(C)C1CCCN(C)C1.CC(C)CCN1CCCCC1. The second-order valence-electron chi connectivity index (χ2n) is 7.99. The van der Waals surface area contributed by atoms with Crippen molar-refractivity contribution >= 4 is 0 Å². The Morgan fingerprint density at radius 3 is 2.05 bits per heavy atom. The zero-order valence-corrected chi connectivity index (χ0v) is 15.4. The lowest BCUT2D eigenvalue weighted by Gasteiger charge is -2.31. The van der Waals surface area contributed by atoms with Gasteiger partial charge in [-0.25, -0.2) is 0 Å². The predicted octanol–water partition coefficient (Wildman–Crippen LogP) is 4.50. The molecule has 0 radical (unpaired) electrons. The standard InChI is InChI=1S/C10H21N.C9H19N/c1-10(2)6-9-11-7-4-3-5-8-11;1-8(2)9-5-4-6-10(3)7-9/h10H,3-9H2,1-2H3;8-9H,4-7H2,1-3H3. The van der Waals surface area contributed by atoms with E-state index < -0.39 is 0 Å². The fourth-order valence-electron chi connectivity index (χ4n) is 3.37. The molecule has 2 aliphatic rings. The molecule has 2 aliphatic heterocycles. The van der Waals surface area contributed by atoms with Gasteiger partial charge in [0.25, 0.3) is 0 Å². The zero-order chi connectivity index (χ0) is 15.7. The summed E-state index contributed by atoms with van der Waals surface area (Å²) in [6.45, 7) is 16.0. The minimum Gasteiger partial charge on any atom is -0.306 e. The van der Waals surface area contributed by atoms with Crippen molar-refractivity contribution in [2.45, 2.75) is 66.2 Å². The molecule has 0 saturated carbocycles. The second-order valence-corrected chi connectivity index (χ2v) is 7.99. The minimum absolute atomic E-state index is 0.872. The number of hydrogen-bond donors (Lipinski definition) is 0. The molecule has 0 aromatic rings. The van der Waals surface area contributed by atoms with Crippen LogP contribution in [0.3, 0.4) is 0 Å². The molecule has 0 amide bonds. The molecular formula is C19H40N2. The van der Waals surface area contributed by atoms with Crippen molar-refractivity contribution in [3.63, 3.8) is 0 Å². The van der Waals surface area contributed by atoms with Crippen molar-refractivity contribution in [3.8, 4) is 0 Å². The molecule has 0 bridgehead atoms. The van der Waals surface area contributed by atoms with Gasteiger partial charge in [0.1, 0.15) is 0 Å². The summed E-state index contributed by atoms with van der Waals surface area (Å²) in [5.41, 5.74) is 0. The van der Waals surface area contributed by atoms with E-state index in [0.29, 0.717) is 0 Å². The number of piperidine rings is 2. The number of likely N-dealkylation sites (tertiary alicyclic amines) is 2. The lowest BCUT2D eigenvalue weighted by Crippen LogP contribution is -2.34. The van der Waals surface area contributed by atoms with Crippen molar-refractivity contribution in [1.82, 2.24) is 9.80 Å². The maximum atomic E-state index is 2.61. The van der Waals surface area contributed by atoms with E-state index in [9.17, 15) is 0 Å². The molecule has 2 heteroatoms.